The molecule has 0 spiro atoms. The van der Waals surface area contributed by atoms with E-state index in [0.717, 1.165) is 30.7 Å². The van der Waals surface area contributed by atoms with Gasteiger partial charge in [0, 0.05) is 25.4 Å². The molecule has 7 nitrogen and oxygen atoms in total. The van der Waals surface area contributed by atoms with Crippen molar-refractivity contribution in [1.29, 1.82) is 0 Å². The van der Waals surface area contributed by atoms with Crippen LogP contribution in [0.25, 0.3) is 0 Å². The lowest BCUT2D eigenvalue weighted by Gasteiger charge is -2.35. The zero-order chi connectivity index (χ0) is 17.3. The van der Waals surface area contributed by atoms with Gasteiger partial charge in [-0.25, -0.2) is 4.68 Å². The Morgan fingerprint density at radius 3 is 2.71 bits per heavy atom. The maximum Gasteiger partial charge on any atom is 0.274 e. The van der Waals surface area contributed by atoms with Crippen molar-refractivity contribution in [3.63, 3.8) is 0 Å². The predicted molar refractivity (Wildman–Crippen MR) is 89.9 cm³/mol. The number of piperidine rings is 1. The molecule has 3 heterocycles. The zero-order valence-electron chi connectivity index (χ0n) is 14.4. The molecule has 0 saturated carbocycles. The van der Waals surface area contributed by atoms with Crippen molar-refractivity contribution in [2.45, 2.75) is 45.7 Å². The quantitative estimate of drug-likeness (QED) is 0.850. The summed E-state index contributed by atoms with van der Waals surface area (Å²) >= 11 is 0. The fraction of sp³-hybridized carbons (Fsp3) is 0.529. The molecule has 1 saturated heterocycles. The number of carbonyl (C=O) groups is 1. The molecular formula is C17H23N5O2. The average molecular weight is 329 g/mol. The lowest BCUT2D eigenvalue weighted by Crippen LogP contribution is -2.46. The molecule has 2 aromatic rings. The highest BCUT2D eigenvalue weighted by molar-refractivity contribution is 5.92. The second kappa shape index (κ2) is 6.59. The highest BCUT2D eigenvalue weighted by Gasteiger charge is 2.29. The Morgan fingerprint density at radius 2 is 2.04 bits per heavy atom. The molecular weight excluding hydrogens is 306 g/mol. The van der Waals surface area contributed by atoms with E-state index >= 15 is 0 Å². The number of amides is 1. The summed E-state index contributed by atoms with van der Waals surface area (Å²) in [5.74, 6) is -0.114. The largest absolute Gasteiger partial charge is 0.332 e. The molecule has 0 aromatic carbocycles. The van der Waals surface area contributed by atoms with Gasteiger partial charge in [-0.15, -0.1) is 0 Å². The summed E-state index contributed by atoms with van der Waals surface area (Å²) in [6.07, 6.45) is 3.05. The summed E-state index contributed by atoms with van der Waals surface area (Å²) in [6, 6.07) is 5.05. The molecule has 1 atom stereocenters. The first-order chi connectivity index (χ1) is 11.5. The van der Waals surface area contributed by atoms with E-state index in [1.54, 1.807) is 7.05 Å². The highest BCUT2D eigenvalue weighted by atomic mass is 16.2. The topological polar surface area (TPSA) is 73.0 Å². The summed E-state index contributed by atoms with van der Waals surface area (Å²) in [6.45, 7) is 5.41. The number of nitrogens with zero attached hydrogens (tertiary/aromatic N) is 5. The van der Waals surface area contributed by atoms with Gasteiger partial charge < -0.3 is 4.90 Å². The van der Waals surface area contributed by atoms with E-state index in [2.05, 4.69) is 10.2 Å². The van der Waals surface area contributed by atoms with Crippen molar-refractivity contribution >= 4 is 5.91 Å². The van der Waals surface area contributed by atoms with Crippen molar-refractivity contribution in [3.8, 4) is 0 Å². The molecule has 128 valence electrons. The third-order valence-corrected chi connectivity index (χ3v) is 4.55. The SMILES string of the molecule is Cc1cc(C)n(CC2CCCCN2C(=O)c2ccc(=O)n(C)n2)n1. The van der Waals surface area contributed by atoms with Crippen LogP contribution >= 0.6 is 0 Å². The van der Waals surface area contributed by atoms with Gasteiger partial charge in [0.1, 0.15) is 5.69 Å². The first-order valence-corrected chi connectivity index (χ1v) is 8.32. The van der Waals surface area contributed by atoms with Crippen molar-refractivity contribution in [1.82, 2.24) is 24.5 Å². The minimum absolute atomic E-state index is 0.100. The second-order valence-corrected chi connectivity index (χ2v) is 6.44. The van der Waals surface area contributed by atoms with Crippen LogP contribution in [0.3, 0.4) is 0 Å². The Hall–Kier alpha value is -2.44. The minimum atomic E-state index is -0.218. The number of aryl methyl sites for hydroxylation is 3. The molecule has 0 aliphatic carbocycles. The van der Waals surface area contributed by atoms with E-state index < -0.39 is 0 Å². The summed E-state index contributed by atoms with van der Waals surface area (Å²) in [5.41, 5.74) is 2.19. The van der Waals surface area contributed by atoms with E-state index in [-0.39, 0.29) is 17.5 Å². The van der Waals surface area contributed by atoms with Crippen molar-refractivity contribution in [2.24, 2.45) is 7.05 Å². The van der Waals surface area contributed by atoms with Gasteiger partial charge in [-0.3, -0.25) is 14.3 Å². The third-order valence-electron chi connectivity index (χ3n) is 4.55. The van der Waals surface area contributed by atoms with Gasteiger partial charge in [0.15, 0.2) is 0 Å². The van der Waals surface area contributed by atoms with Crippen LogP contribution in [-0.4, -0.2) is 43.0 Å². The molecule has 1 amide bonds. The fourth-order valence-corrected chi connectivity index (χ4v) is 3.28. The molecule has 1 fully saturated rings. The maximum atomic E-state index is 12.9. The Labute approximate surface area is 140 Å². The lowest BCUT2D eigenvalue weighted by molar-refractivity contribution is 0.0574. The molecule has 1 aliphatic heterocycles. The van der Waals surface area contributed by atoms with Crippen LogP contribution < -0.4 is 5.56 Å². The molecule has 1 aliphatic rings. The Bertz CT molecular complexity index is 808. The van der Waals surface area contributed by atoms with Gasteiger partial charge >= 0.3 is 0 Å². The lowest BCUT2D eigenvalue weighted by atomic mass is 10.0. The van der Waals surface area contributed by atoms with Crippen LogP contribution in [0.4, 0.5) is 0 Å². The standard InChI is InChI=1S/C17H23N5O2/c1-12-10-13(2)22(18-12)11-14-6-4-5-9-21(14)17(24)15-7-8-16(23)20(3)19-15/h7-8,10,14H,4-6,9,11H2,1-3H3. The van der Waals surface area contributed by atoms with Crippen LogP contribution in [0.1, 0.15) is 41.1 Å². The number of rotatable bonds is 3. The first-order valence-electron chi connectivity index (χ1n) is 8.32. The summed E-state index contributed by atoms with van der Waals surface area (Å²) < 4.78 is 3.17. The molecule has 0 N–H and O–H groups in total. The van der Waals surface area contributed by atoms with Crippen LogP contribution in [0.5, 0.6) is 0 Å². The number of hydrogen-bond donors (Lipinski definition) is 0. The fourth-order valence-electron chi connectivity index (χ4n) is 3.28. The molecule has 24 heavy (non-hydrogen) atoms. The van der Waals surface area contributed by atoms with Crippen LogP contribution in [0.15, 0.2) is 23.0 Å². The van der Waals surface area contributed by atoms with Crippen LogP contribution in [-0.2, 0) is 13.6 Å². The number of hydrogen-bond acceptors (Lipinski definition) is 4. The van der Waals surface area contributed by atoms with Gasteiger partial charge in [0.05, 0.1) is 18.3 Å². The molecule has 0 radical (unpaired) electrons. The predicted octanol–water partition coefficient (Wildman–Crippen LogP) is 1.29. The number of likely N-dealkylation sites (tertiary alicyclic amines) is 1. The molecule has 3 rings (SSSR count). The van der Waals surface area contributed by atoms with E-state index in [4.69, 9.17) is 0 Å². The van der Waals surface area contributed by atoms with E-state index in [9.17, 15) is 9.59 Å². The normalized spacial score (nSPS) is 18.0. The monoisotopic (exact) mass is 329 g/mol. The summed E-state index contributed by atoms with van der Waals surface area (Å²) in [4.78, 5) is 26.2. The van der Waals surface area contributed by atoms with Gasteiger partial charge in [-0.2, -0.15) is 10.2 Å². The van der Waals surface area contributed by atoms with Gasteiger partial charge in [0.25, 0.3) is 11.5 Å². The van der Waals surface area contributed by atoms with Gasteiger partial charge in [-0.1, -0.05) is 0 Å². The average Bonchev–Trinajstić information content (AvgIpc) is 2.87. The maximum absolute atomic E-state index is 12.9. The highest BCUT2D eigenvalue weighted by Crippen LogP contribution is 2.21. The van der Waals surface area contributed by atoms with Gasteiger partial charge in [-0.05, 0) is 45.2 Å². The van der Waals surface area contributed by atoms with E-state index in [0.29, 0.717) is 18.8 Å². The smallest absolute Gasteiger partial charge is 0.274 e. The Morgan fingerprint density at radius 1 is 1.25 bits per heavy atom. The van der Waals surface area contributed by atoms with Crippen molar-refractivity contribution in [2.75, 3.05) is 6.54 Å². The van der Waals surface area contributed by atoms with Crippen LogP contribution in [0.2, 0.25) is 0 Å². The molecule has 1 unspecified atom stereocenters. The van der Waals surface area contributed by atoms with Crippen molar-refractivity contribution in [3.05, 3.63) is 45.6 Å². The number of carbonyl (C=O) groups excluding carboxylic acids is 1. The molecule has 2 aromatic heterocycles. The zero-order valence-corrected chi connectivity index (χ0v) is 14.4. The molecule has 0 bridgehead atoms. The Kier molecular flexibility index (Phi) is 4.51. The minimum Gasteiger partial charge on any atom is -0.332 e. The molecule has 7 heteroatoms. The van der Waals surface area contributed by atoms with Gasteiger partial charge in [0.2, 0.25) is 0 Å². The van der Waals surface area contributed by atoms with E-state index in [1.165, 1.54) is 16.8 Å². The number of aromatic nitrogens is 4. The summed E-state index contributed by atoms with van der Waals surface area (Å²) in [7, 11) is 1.56. The van der Waals surface area contributed by atoms with Crippen molar-refractivity contribution < 1.29 is 4.79 Å². The first kappa shape index (κ1) is 16.4. The third kappa shape index (κ3) is 3.25. The Balaban J connectivity index is 1.83. The van der Waals surface area contributed by atoms with E-state index in [1.807, 2.05) is 29.5 Å². The second-order valence-electron chi connectivity index (χ2n) is 6.44. The van der Waals surface area contributed by atoms with Crippen LogP contribution in [0, 0.1) is 13.8 Å². The summed E-state index contributed by atoms with van der Waals surface area (Å²) in [5, 5.41) is 8.62.